The van der Waals surface area contributed by atoms with Gasteiger partial charge in [0.15, 0.2) is 5.82 Å². The van der Waals surface area contributed by atoms with E-state index in [1.807, 2.05) is 0 Å². The van der Waals surface area contributed by atoms with Crippen LogP contribution in [0.5, 0.6) is 0 Å². The first-order chi connectivity index (χ1) is 13.5. The predicted octanol–water partition coefficient (Wildman–Crippen LogP) is 4.92. The zero-order valence-corrected chi connectivity index (χ0v) is 15.7. The molecule has 9 heteroatoms. The van der Waals surface area contributed by atoms with Crippen molar-refractivity contribution < 1.29 is 14.0 Å². The van der Waals surface area contributed by atoms with Gasteiger partial charge in [-0.3, -0.25) is 14.7 Å². The molecule has 4 rings (SSSR count). The van der Waals surface area contributed by atoms with Gasteiger partial charge in [-0.2, -0.15) is 5.10 Å². The maximum Gasteiger partial charge on any atom is 0.265 e. The highest BCUT2D eigenvalue weighted by atomic mass is 35.5. The summed E-state index contributed by atoms with van der Waals surface area (Å²) in [6, 6.07) is 13.9. The highest BCUT2D eigenvalue weighted by molar-refractivity contribution is 7.20. The molecule has 0 spiro atoms. The Morgan fingerprint density at radius 3 is 2.64 bits per heavy atom. The summed E-state index contributed by atoms with van der Waals surface area (Å²) in [6.45, 7) is 0. The van der Waals surface area contributed by atoms with Crippen molar-refractivity contribution in [3.8, 4) is 0 Å². The Morgan fingerprint density at radius 1 is 1.04 bits per heavy atom. The molecule has 6 nitrogen and oxygen atoms in total. The van der Waals surface area contributed by atoms with Crippen LogP contribution in [0.2, 0.25) is 5.02 Å². The lowest BCUT2D eigenvalue weighted by molar-refractivity contribution is 0.102. The molecule has 3 N–H and O–H groups in total. The van der Waals surface area contributed by atoms with Crippen molar-refractivity contribution in [2.45, 2.75) is 0 Å². The SMILES string of the molecule is O=C(Nc1n[nH]c2sc(C(=O)Nc3ccccc3Cl)cc12)c1cccc(F)c1. The van der Waals surface area contributed by atoms with E-state index in [0.29, 0.717) is 25.8 Å². The minimum atomic E-state index is -0.506. The number of H-pyrrole nitrogens is 1. The standard InChI is InChI=1S/C19H12ClFN4O2S/c20-13-6-1-2-7-14(13)22-18(27)15-9-12-16(24-25-19(12)28-15)23-17(26)10-4-3-5-11(21)8-10/h1-9H,(H,22,27)(H2,23,24,25,26). The number of amides is 2. The van der Waals surface area contributed by atoms with Crippen molar-refractivity contribution in [2.75, 3.05) is 10.6 Å². The third-order valence-electron chi connectivity index (χ3n) is 3.92. The van der Waals surface area contributed by atoms with Crippen molar-refractivity contribution in [2.24, 2.45) is 0 Å². The first-order valence-electron chi connectivity index (χ1n) is 8.12. The maximum atomic E-state index is 13.3. The van der Waals surface area contributed by atoms with Gasteiger partial charge in [0.2, 0.25) is 0 Å². The highest BCUT2D eigenvalue weighted by Gasteiger charge is 2.18. The van der Waals surface area contributed by atoms with E-state index >= 15 is 0 Å². The van der Waals surface area contributed by atoms with Crippen LogP contribution in [0.3, 0.4) is 0 Å². The van der Waals surface area contributed by atoms with E-state index in [4.69, 9.17) is 11.6 Å². The van der Waals surface area contributed by atoms with Gasteiger partial charge in [0.25, 0.3) is 11.8 Å². The lowest BCUT2D eigenvalue weighted by Gasteiger charge is -2.05. The van der Waals surface area contributed by atoms with Gasteiger partial charge in [-0.25, -0.2) is 4.39 Å². The number of aromatic nitrogens is 2. The van der Waals surface area contributed by atoms with E-state index in [9.17, 15) is 14.0 Å². The monoisotopic (exact) mass is 414 g/mol. The Hall–Kier alpha value is -3.23. The number of nitrogens with one attached hydrogen (secondary N) is 3. The van der Waals surface area contributed by atoms with Crippen LogP contribution in [0, 0.1) is 5.82 Å². The molecule has 0 fully saturated rings. The number of hydrogen-bond donors (Lipinski definition) is 3. The van der Waals surface area contributed by atoms with Gasteiger partial charge >= 0.3 is 0 Å². The molecular formula is C19H12ClFN4O2S. The smallest absolute Gasteiger partial charge is 0.265 e. The van der Waals surface area contributed by atoms with Gasteiger partial charge < -0.3 is 10.6 Å². The summed E-state index contributed by atoms with van der Waals surface area (Å²) in [4.78, 5) is 25.9. The quantitative estimate of drug-likeness (QED) is 0.443. The van der Waals surface area contributed by atoms with Gasteiger partial charge in [-0.1, -0.05) is 29.8 Å². The Morgan fingerprint density at radius 2 is 1.86 bits per heavy atom. The molecule has 4 aromatic rings. The molecule has 0 saturated heterocycles. The van der Waals surface area contributed by atoms with Crippen molar-refractivity contribution in [3.05, 3.63) is 75.9 Å². The number of benzene rings is 2. The van der Waals surface area contributed by atoms with Crippen LogP contribution < -0.4 is 10.6 Å². The molecule has 2 aromatic heterocycles. The maximum absolute atomic E-state index is 13.3. The number of carbonyl (C=O) groups is 2. The molecule has 2 heterocycles. The summed E-state index contributed by atoms with van der Waals surface area (Å²) in [6.07, 6.45) is 0. The third-order valence-corrected chi connectivity index (χ3v) is 5.29. The number of hydrogen-bond acceptors (Lipinski definition) is 4. The molecular weight excluding hydrogens is 403 g/mol. The summed E-state index contributed by atoms with van der Waals surface area (Å²) in [5, 5.41) is 13.2. The normalized spacial score (nSPS) is 10.8. The first kappa shape index (κ1) is 18.1. The Kier molecular flexibility index (Phi) is 4.81. The number of nitrogens with zero attached hydrogens (tertiary/aromatic N) is 1. The van der Waals surface area contributed by atoms with Gasteiger partial charge in [0.05, 0.1) is 21.0 Å². The molecule has 0 aliphatic rings. The number of carbonyl (C=O) groups excluding carboxylic acids is 2. The molecule has 28 heavy (non-hydrogen) atoms. The predicted molar refractivity (Wildman–Crippen MR) is 108 cm³/mol. The van der Waals surface area contributed by atoms with Gasteiger partial charge in [-0.15, -0.1) is 11.3 Å². The Labute approximate surface area is 167 Å². The molecule has 0 aliphatic carbocycles. The average Bonchev–Trinajstić information content (AvgIpc) is 3.25. The molecule has 0 aliphatic heterocycles. The van der Waals surface area contributed by atoms with Crippen LogP contribution in [-0.2, 0) is 0 Å². The van der Waals surface area contributed by atoms with Gasteiger partial charge in [-0.05, 0) is 36.4 Å². The molecule has 0 unspecified atom stereocenters. The van der Waals surface area contributed by atoms with E-state index in [-0.39, 0.29) is 17.3 Å². The molecule has 0 bridgehead atoms. The van der Waals surface area contributed by atoms with Crippen molar-refractivity contribution in [3.63, 3.8) is 0 Å². The molecule has 2 aromatic carbocycles. The minimum absolute atomic E-state index is 0.170. The van der Waals surface area contributed by atoms with E-state index in [1.165, 1.54) is 29.5 Å². The van der Waals surface area contributed by atoms with E-state index < -0.39 is 11.7 Å². The second-order valence-corrected chi connectivity index (χ2v) is 7.28. The number of para-hydroxylation sites is 1. The number of thiophene rings is 1. The number of halogens is 2. The fourth-order valence-electron chi connectivity index (χ4n) is 2.58. The number of anilines is 2. The zero-order chi connectivity index (χ0) is 19.7. The average molecular weight is 415 g/mol. The lowest BCUT2D eigenvalue weighted by Crippen LogP contribution is -2.12. The van der Waals surface area contributed by atoms with Crippen LogP contribution >= 0.6 is 22.9 Å². The second-order valence-electron chi connectivity index (χ2n) is 5.82. The molecule has 0 atom stereocenters. The Balaban J connectivity index is 1.56. The summed E-state index contributed by atoms with van der Waals surface area (Å²) >= 11 is 7.26. The highest BCUT2D eigenvalue weighted by Crippen LogP contribution is 2.30. The largest absolute Gasteiger partial charge is 0.320 e. The van der Waals surface area contributed by atoms with Crippen molar-refractivity contribution in [1.29, 1.82) is 0 Å². The van der Waals surface area contributed by atoms with Crippen molar-refractivity contribution >= 4 is 56.5 Å². The Bertz CT molecular complexity index is 1200. The molecule has 0 saturated carbocycles. The summed E-state index contributed by atoms with van der Waals surface area (Å²) in [5.74, 6) is -1.07. The van der Waals surface area contributed by atoms with Crippen molar-refractivity contribution in [1.82, 2.24) is 10.2 Å². The molecule has 0 radical (unpaired) electrons. The first-order valence-corrected chi connectivity index (χ1v) is 9.31. The fourth-order valence-corrected chi connectivity index (χ4v) is 3.66. The van der Waals surface area contributed by atoms with Crippen LogP contribution in [0.25, 0.3) is 10.2 Å². The second kappa shape index (κ2) is 7.41. The summed E-state index contributed by atoms with van der Waals surface area (Å²) in [5.41, 5.74) is 0.673. The third kappa shape index (κ3) is 3.60. The van der Waals surface area contributed by atoms with Crippen LogP contribution in [0.4, 0.5) is 15.9 Å². The number of aromatic amines is 1. The minimum Gasteiger partial charge on any atom is -0.320 e. The zero-order valence-electron chi connectivity index (χ0n) is 14.1. The molecule has 140 valence electrons. The lowest BCUT2D eigenvalue weighted by atomic mass is 10.2. The number of rotatable bonds is 4. The van der Waals surface area contributed by atoms with Crippen LogP contribution in [-0.4, -0.2) is 22.0 Å². The van der Waals surface area contributed by atoms with E-state index in [1.54, 1.807) is 30.3 Å². The summed E-state index contributed by atoms with van der Waals surface area (Å²) < 4.78 is 13.3. The molecule has 2 amide bonds. The summed E-state index contributed by atoms with van der Waals surface area (Å²) in [7, 11) is 0. The van der Waals surface area contributed by atoms with Crippen LogP contribution in [0.1, 0.15) is 20.0 Å². The number of fused-ring (bicyclic) bond motifs is 1. The van der Waals surface area contributed by atoms with Crippen LogP contribution in [0.15, 0.2) is 54.6 Å². The van der Waals surface area contributed by atoms with Gasteiger partial charge in [0, 0.05) is 5.56 Å². The van der Waals surface area contributed by atoms with E-state index in [2.05, 4.69) is 20.8 Å². The van der Waals surface area contributed by atoms with Gasteiger partial charge in [0.1, 0.15) is 10.6 Å². The fraction of sp³-hybridized carbons (Fsp3) is 0. The topological polar surface area (TPSA) is 86.9 Å². The van der Waals surface area contributed by atoms with E-state index in [0.717, 1.165) is 6.07 Å².